The van der Waals surface area contributed by atoms with Crippen LogP contribution in [0.25, 0.3) is 0 Å². The van der Waals surface area contributed by atoms with E-state index in [0.29, 0.717) is 12.1 Å². The Balaban J connectivity index is 1.59. The monoisotopic (exact) mass is 294 g/mol. The van der Waals surface area contributed by atoms with E-state index in [2.05, 4.69) is 31.0 Å². The molecule has 2 saturated heterocycles. The molecule has 3 rings (SSSR count). The third-order valence-electron chi connectivity index (χ3n) is 5.84. The fourth-order valence-corrected chi connectivity index (χ4v) is 4.72. The Kier molecular flexibility index (Phi) is 4.63. The number of hydrogen-bond acceptors (Lipinski definition) is 3. The molecule has 3 aliphatic rings. The van der Waals surface area contributed by atoms with Crippen molar-refractivity contribution in [2.24, 2.45) is 0 Å². The van der Waals surface area contributed by atoms with E-state index in [1.807, 2.05) is 0 Å². The van der Waals surface area contributed by atoms with Gasteiger partial charge in [0, 0.05) is 31.2 Å². The summed E-state index contributed by atoms with van der Waals surface area (Å²) in [6.07, 6.45) is 11.0. The smallest absolute Gasteiger partial charge is 0.0710 e. The second kappa shape index (κ2) is 6.17. The van der Waals surface area contributed by atoms with Gasteiger partial charge >= 0.3 is 0 Å². The van der Waals surface area contributed by atoms with E-state index in [-0.39, 0.29) is 11.1 Å². The lowest BCUT2D eigenvalue weighted by atomic mass is 9.95. The van der Waals surface area contributed by atoms with Gasteiger partial charge in [-0.2, -0.15) is 0 Å². The lowest BCUT2D eigenvalue weighted by Crippen LogP contribution is -2.62. The first kappa shape index (κ1) is 15.8. The number of hydrogen-bond donors (Lipinski definition) is 1. The zero-order valence-electron chi connectivity index (χ0n) is 14.3. The molecule has 1 N–H and O–H groups in total. The van der Waals surface area contributed by atoms with Crippen LogP contribution in [0.5, 0.6) is 0 Å². The predicted molar refractivity (Wildman–Crippen MR) is 87.7 cm³/mol. The van der Waals surface area contributed by atoms with Crippen LogP contribution < -0.4 is 5.32 Å². The molecule has 1 spiro atoms. The molecule has 2 atom stereocenters. The zero-order chi connectivity index (χ0) is 14.9. The van der Waals surface area contributed by atoms with Gasteiger partial charge in [-0.1, -0.05) is 26.2 Å². The first-order valence-corrected chi connectivity index (χ1v) is 9.19. The van der Waals surface area contributed by atoms with E-state index in [1.54, 1.807) is 0 Å². The van der Waals surface area contributed by atoms with Crippen LogP contribution in [-0.4, -0.2) is 47.8 Å². The molecule has 0 bridgehead atoms. The van der Waals surface area contributed by atoms with Crippen LogP contribution >= 0.6 is 0 Å². The fraction of sp³-hybridized carbons (Fsp3) is 1.00. The van der Waals surface area contributed by atoms with Gasteiger partial charge in [-0.3, -0.25) is 4.90 Å². The Hall–Kier alpha value is -0.120. The SMILES string of the molecule is CCCC1CNC(C)(C)CN1CC1CCC2(CCCC2)O1. The first-order chi connectivity index (χ1) is 10.0. The average molecular weight is 294 g/mol. The normalized spacial score (nSPS) is 35.6. The molecule has 2 heterocycles. The number of ether oxygens (including phenoxy) is 1. The summed E-state index contributed by atoms with van der Waals surface area (Å²) in [6.45, 7) is 10.4. The van der Waals surface area contributed by atoms with E-state index in [4.69, 9.17) is 4.74 Å². The van der Waals surface area contributed by atoms with Crippen molar-refractivity contribution in [3.05, 3.63) is 0 Å². The Morgan fingerprint density at radius 1 is 1.19 bits per heavy atom. The van der Waals surface area contributed by atoms with Gasteiger partial charge in [0.2, 0.25) is 0 Å². The van der Waals surface area contributed by atoms with Gasteiger partial charge in [-0.15, -0.1) is 0 Å². The highest BCUT2D eigenvalue weighted by Gasteiger charge is 2.43. The fourth-order valence-electron chi connectivity index (χ4n) is 4.72. The standard InChI is InChI=1S/C18H34N2O/c1-4-7-15-12-19-17(2,3)14-20(15)13-16-8-11-18(21-16)9-5-6-10-18/h15-16,19H,4-14H2,1-3H3. The van der Waals surface area contributed by atoms with Gasteiger partial charge < -0.3 is 10.1 Å². The molecule has 21 heavy (non-hydrogen) atoms. The van der Waals surface area contributed by atoms with Crippen molar-refractivity contribution in [2.75, 3.05) is 19.6 Å². The molecular formula is C18H34N2O. The molecule has 0 amide bonds. The van der Waals surface area contributed by atoms with Gasteiger partial charge in [0.25, 0.3) is 0 Å². The van der Waals surface area contributed by atoms with E-state index in [1.165, 1.54) is 51.4 Å². The summed E-state index contributed by atoms with van der Waals surface area (Å²) in [7, 11) is 0. The summed E-state index contributed by atoms with van der Waals surface area (Å²) < 4.78 is 6.55. The molecule has 0 aromatic heterocycles. The largest absolute Gasteiger partial charge is 0.370 e. The van der Waals surface area contributed by atoms with Crippen molar-refractivity contribution in [1.29, 1.82) is 0 Å². The lowest BCUT2D eigenvalue weighted by Gasteiger charge is -2.45. The molecule has 0 aromatic rings. The maximum absolute atomic E-state index is 6.55. The van der Waals surface area contributed by atoms with Gasteiger partial charge in [-0.05, 0) is 46.0 Å². The molecule has 3 heteroatoms. The van der Waals surface area contributed by atoms with Gasteiger partial charge in [-0.25, -0.2) is 0 Å². The topological polar surface area (TPSA) is 24.5 Å². The molecule has 122 valence electrons. The van der Waals surface area contributed by atoms with E-state index in [0.717, 1.165) is 19.6 Å². The van der Waals surface area contributed by atoms with Crippen molar-refractivity contribution in [2.45, 2.75) is 95.4 Å². The van der Waals surface area contributed by atoms with Crippen molar-refractivity contribution in [3.63, 3.8) is 0 Å². The van der Waals surface area contributed by atoms with E-state index < -0.39 is 0 Å². The van der Waals surface area contributed by atoms with Crippen LogP contribution in [-0.2, 0) is 4.74 Å². The Labute approximate surface area is 130 Å². The van der Waals surface area contributed by atoms with Crippen LogP contribution in [0.2, 0.25) is 0 Å². The predicted octanol–water partition coefficient (Wildman–Crippen LogP) is 3.33. The molecule has 3 fully saturated rings. The van der Waals surface area contributed by atoms with Crippen LogP contribution in [0, 0.1) is 0 Å². The van der Waals surface area contributed by atoms with Crippen LogP contribution in [0.3, 0.4) is 0 Å². The van der Waals surface area contributed by atoms with Gasteiger partial charge in [0.05, 0.1) is 11.7 Å². The second-order valence-corrected chi connectivity index (χ2v) is 8.31. The third-order valence-corrected chi connectivity index (χ3v) is 5.84. The Morgan fingerprint density at radius 2 is 1.95 bits per heavy atom. The lowest BCUT2D eigenvalue weighted by molar-refractivity contribution is -0.0581. The molecule has 0 radical (unpaired) electrons. The number of nitrogens with zero attached hydrogens (tertiary/aromatic N) is 1. The summed E-state index contributed by atoms with van der Waals surface area (Å²) >= 11 is 0. The Bertz CT molecular complexity index is 349. The highest BCUT2D eigenvalue weighted by molar-refractivity contribution is 4.97. The van der Waals surface area contributed by atoms with Crippen LogP contribution in [0.4, 0.5) is 0 Å². The molecular weight excluding hydrogens is 260 g/mol. The minimum absolute atomic E-state index is 0.244. The summed E-state index contributed by atoms with van der Waals surface area (Å²) in [6, 6.07) is 0.701. The van der Waals surface area contributed by atoms with E-state index >= 15 is 0 Å². The maximum atomic E-state index is 6.55. The van der Waals surface area contributed by atoms with Crippen LogP contribution in [0.1, 0.15) is 72.1 Å². The molecule has 1 saturated carbocycles. The summed E-state index contributed by atoms with van der Waals surface area (Å²) in [5.41, 5.74) is 0.530. The minimum atomic E-state index is 0.244. The first-order valence-electron chi connectivity index (χ1n) is 9.19. The minimum Gasteiger partial charge on any atom is -0.370 e. The number of piperazine rings is 1. The molecule has 3 nitrogen and oxygen atoms in total. The molecule has 2 unspecified atom stereocenters. The number of nitrogens with one attached hydrogen (secondary N) is 1. The zero-order valence-corrected chi connectivity index (χ0v) is 14.3. The highest BCUT2D eigenvalue weighted by atomic mass is 16.5. The average Bonchev–Trinajstić information content (AvgIpc) is 3.04. The number of rotatable bonds is 4. The second-order valence-electron chi connectivity index (χ2n) is 8.31. The van der Waals surface area contributed by atoms with Crippen molar-refractivity contribution >= 4 is 0 Å². The highest BCUT2D eigenvalue weighted by Crippen LogP contribution is 2.43. The van der Waals surface area contributed by atoms with Crippen molar-refractivity contribution in [3.8, 4) is 0 Å². The van der Waals surface area contributed by atoms with Gasteiger partial charge in [0.15, 0.2) is 0 Å². The van der Waals surface area contributed by atoms with Crippen molar-refractivity contribution in [1.82, 2.24) is 10.2 Å². The summed E-state index contributed by atoms with van der Waals surface area (Å²) in [5.74, 6) is 0. The molecule has 0 aromatic carbocycles. The van der Waals surface area contributed by atoms with Crippen LogP contribution in [0.15, 0.2) is 0 Å². The van der Waals surface area contributed by atoms with Gasteiger partial charge in [0.1, 0.15) is 0 Å². The van der Waals surface area contributed by atoms with Crippen molar-refractivity contribution < 1.29 is 4.74 Å². The van der Waals surface area contributed by atoms with E-state index in [9.17, 15) is 0 Å². The Morgan fingerprint density at radius 3 is 2.67 bits per heavy atom. The quantitative estimate of drug-likeness (QED) is 0.861. The summed E-state index contributed by atoms with van der Waals surface area (Å²) in [5, 5.41) is 3.71. The third kappa shape index (κ3) is 3.62. The molecule has 1 aliphatic carbocycles. The summed E-state index contributed by atoms with van der Waals surface area (Å²) in [4.78, 5) is 2.72. The molecule has 2 aliphatic heterocycles. The maximum Gasteiger partial charge on any atom is 0.0710 e.